The minimum Gasteiger partial charge on any atom is -0.493 e. The molecule has 0 radical (unpaired) electrons. The largest absolute Gasteiger partial charge is 0.493 e. The van der Waals surface area contributed by atoms with E-state index in [9.17, 15) is 10.1 Å². The first-order valence-corrected chi connectivity index (χ1v) is 6.93. The van der Waals surface area contributed by atoms with E-state index >= 15 is 0 Å². The van der Waals surface area contributed by atoms with Gasteiger partial charge in [0, 0.05) is 12.1 Å². The predicted molar refractivity (Wildman–Crippen MR) is 75.1 cm³/mol. The maximum atomic E-state index is 10.9. The number of non-ortho nitro benzene ring substituents is 1. The van der Waals surface area contributed by atoms with Crippen LogP contribution in [0.2, 0.25) is 0 Å². The summed E-state index contributed by atoms with van der Waals surface area (Å²) >= 11 is 0. The molecule has 2 unspecified atom stereocenters. The molecule has 6 nitrogen and oxygen atoms in total. The van der Waals surface area contributed by atoms with Crippen LogP contribution in [0.15, 0.2) is 18.2 Å². The predicted octanol–water partition coefficient (Wildman–Crippen LogP) is 2.64. The van der Waals surface area contributed by atoms with Crippen LogP contribution in [0.3, 0.4) is 0 Å². The number of ether oxygens (including phenoxy) is 2. The highest BCUT2D eigenvalue weighted by atomic mass is 16.6. The molecule has 1 aliphatic rings. The van der Waals surface area contributed by atoms with E-state index < -0.39 is 4.92 Å². The van der Waals surface area contributed by atoms with Gasteiger partial charge in [-0.25, -0.2) is 0 Å². The third kappa shape index (κ3) is 3.84. The normalized spacial score (nSPS) is 22.3. The van der Waals surface area contributed by atoms with Crippen LogP contribution in [0.4, 0.5) is 5.69 Å². The van der Waals surface area contributed by atoms with E-state index in [1.54, 1.807) is 6.07 Å². The molecule has 1 aromatic rings. The van der Waals surface area contributed by atoms with Crippen LogP contribution in [0.1, 0.15) is 32.6 Å². The number of nitro groups is 1. The second kappa shape index (κ2) is 6.56. The molecule has 0 aromatic heterocycles. The minimum atomic E-state index is -0.442. The molecule has 0 aliphatic heterocycles. The smallest absolute Gasteiger partial charge is 0.276 e. The van der Waals surface area contributed by atoms with Gasteiger partial charge in [0.15, 0.2) is 0 Å². The van der Waals surface area contributed by atoms with Gasteiger partial charge in [-0.1, -0.05) is 0 Å². The van der Waals surface area contributed by atoms with Crippen LogP contribution in [-0.2, 0) is 0 Å². The molecule has 0 heterocycles. The van der Waals surface area contributed by atoms with Crippen LogP contribution < -0.4 is 15.2 Å². The first-order chi connectivity index (χ1) is 9.58. The zero-order chi connectivity index (χ0) is 14.5. The van der Waals surface area contributed by atoms with Crippen molar-refractivity contribution in [3.8, 4) is 11.5 Å². The first-order valence-electron chi connectivity index (χ1n) is 6.93. The van der Waals surface area contributed by atoms with E-state index in [1.807, 2.05) is 6.92 Å². The summed E-state index contributed by atoms with van der Waals surface area (Å²) in [7, 11) is 0. The number of nitrogens with zero attached hydrogens (tertiary/aromatic N) is 1. The third-order valence-electron chi connectivity index (χ3n) is 3.36. The summed E-state index contributed by atoms with van der Waals surface area (Å²) in [6, 6.07) is 4.68. The van der Waals surface area contributed by atoms with E-state index in [-0.39, 0.29) is 17.8 Å². The summed E-state index contributed by atoms with van der Waals surface area (Å²) in [6.07, 6.45) is 3.78. The molecule has 0 amide bonds. The van der Waals surface area contributed by atoms with Crippen LogP contribution in [0.25, 0.3) is 0 Å². The van der Waals surface area contributed by atoms with Crippen LogP contribution in [0.5, 0.6) is 11.5 Å². The number of rotatable bonds is 5. The second-order valence-corrected chi connectivity index (χ2v) is 5.02. The highest BCUT2D eigenvalue weighted by molar-refractivity contribution is 5.46. The molecule has 2 atom stereocenters. The zero-order valence-electron chi connectivity index (χ0n) is 11.6. The Morgan fingerprint density at radius 1 is 1.35 bits per heavy atom. The molecule has 1 aromatic carbocycles. The van der Waals surface area contributed by atoms with E-state index in [4.69, 9.17) is 15.2 Å². The van der Waals surface area contributed by atoms with Gasteiger partial charge in [0.2, 0.25) is 0 Å². The fraction of sp³-hybridized carbons (Fsp3) is 0.571. The van der Waals surface area contributed by atoms with Crippen molar-refractivity contribution in [1.82, 2.24) is 0 Å². The molecule has 1 aliphatic carbocycles. The summed E-state index contributed by atoms with van der Waals surface area (Å²) < 4.78 is 11.2. The molecular formula is C14H20N2O4. The topological polar surface area (TPSA) is 87.6 Å². The second-order valence-electron chi connectivity index (χ2n) is 5.02. The SMILES string of the molecule is CCOc1cc(OC2CCCC(N)C2)cc([N+](=O)[O-])c1. The standard InChI is InChI=1S/C14H20N2O4/c1-2-19-13-7-11(16(17)18)8-14(9-13)20-12-5-3-4-10(15)6-12/h7-10,12H,2-6,15H2,1H3. The quantitative estimate of drug-likeness (QED) is 0.661. The number of hydrogen-bond acceptors (Lipinski definition) is 5. The van der Waals surface area contributed by atoms with Crippen molar-refractivity contribution < 1.29 is 14.4 Å². The molecule has 6 heteroatoms. The lowest BCUT2D eigenvalue weighted by Gasteiger charge is -2.27. The summed E-state index contributed by atoms with van der Waals surface area (Å²) in [5.41, 5.74) is 5.90. The average Bonchev–Trinajstić information content (AvgIpc) is 2.38. The number of benzene rings is 1. The average molecular weight is 280 g/mol. The minimum absolute atomic E-state index is 0.0222. The molecule has 20 heavy (non-hydrogen) atoms. The van der Waals surface area contributed by atoms with Gasteiger partial charge in [0.25, 0.3) is 5.69 Å². The fourth-order valence-corrected chi connectivity index (χ4v) is 2.46. The molecule has 0 spiro atoms. The molecule has 2 N–H and O–H groups in total. The van der Waals surface area contributed by atoms with Gasteiger partial charge in [0.05, 0.1) is 23.7 Å². The fourth-order valence-electron chi connectivity index (χ4n) is 2.46. The maximum absolute atomic E-state index is 10.9. The van der Waals surface area contributed by atoms with Crippen molar-refractivity contribution in [1.29, 1.82) is 0 Å². The highest BCUT2D eigenvalue weighted by Crippen LogP contribution is 2.30. The summed E-state index contributed by atoms with van der Waals surface area (Å²) in [4.78, 5) is 10.5. The van der Waals surface area contributed by atoms with Crippen molar-refractivity contribution >= 4 is 5.69 Å². The molecule has 1 saturated carbocycles. The molecule has 2 rings (SSSR count). The van der Waals surface area contributed by atoms with Gasteiger partial charge in [-0.05, 0) is 32.6 Å². The monoisotopic (exact) mass is 280 g/mol. The summed E-state index contributed by atoms with van der Waals surface area (Å²) in [5, 5.41) is 10.9. The van der Waals surface area contributed by atoms with Crippen molar-refractivity contribution in [2.45, 2.75) is 44.8 Å². The Labute approximate surface area is 118 Å². The Kier molecular flexibility index (Phi) is 4.79. The zero-order valence-corrected chi connectivity index (χ0v) is 11.6. The number of hydrogen-bond donors (Lipinski definition) is 1. The Hall–Kier alpha value is -1.82. The lowest BCUT2D eigenvalue weighted by Crippen LogP contribution is -2.33. The maximum Gasteiger partial charge on any atom is 0.276 e. The Balaban J connectivity index is 2.14. The van der Waals surface area contributed by atoms with Gasteiger partial charge in [-0.2, -0.15) is 0 Å². The molecule has 0 saturated heterocycles. The van der Waals surface area contributed by atoms with Crippen molar-refractivity contribution in [3.05, 3.63) is 28.3 Å². The van der Waals surface area contributed by atoms with Crippen LogP contribution >= 0.6 is 0 Å². The number of nitro benzene ring substituents is 1. The van der Waals surface area contributed by atoms with Gasteiger partial charge in [-0.3, -0.25) is 10.1 Å². The van der Waals surface area contributed by atoms with Gasteiger partial charge in [0.1, 0.15) is 17.6 Å². The summed E-state index contributed by atoms with van der Waals surface area (Å²) in [5.74, 6) is 0.929. The molecule has 110 valence electrons. The Bertz CT molecular complexity index is 478. The van der Waals surface area contributed by atoms with Gasteiger partial charge >= 0.3 is 0 Å². The van der Waals surface area contributed by atoms with E-state index in [0.717, 1.165) is 25.7 Å². The van der Waals surface area contributed by atoms with Crippen molar-refractivity contribution in [3.63, 3.8) is 0 Å². The lowest BCUT2D eigenvalue weighted by molar-refractivity contribution is -0.385. The first kappa shape index (κ1) is 14.6. The Morgan fingerprint density at radius 3 is 2.75 bits per heavy atom. The molecule has 0 bridgehead atoms. The van der Waals surface area contributed by atoms with Gasteiger partial charge in [-0.15, -0.1) is 0 Å². The van der Waals surface area contributed by atoms with Crippen molar-refractivity contribution in [2.75, 3.05) is 6.61 Å². The Morgan fingerprint density at radius 2 is 2.10 bits per heavy atom. The van der Waals surface area contributed by atoms with Crippen molar-refractivity contribution in [2.24, 2.45) is 5.73 Å². The van der Waals surface area contributed by atoms with Crippen LogP contribution in [-0.4, -0.2) is 23.7 Å². The van der Waals surface area contributed by atoms with Gasteiger partial charge < -0.3 is 15.2 Å². The van der Waals surface area contributed by atoms with E-state index in [2.05, 4.69) is 0 Å². The van der Waals surface area contributed by atoms with E-state index in [0.29, 0.717) is 18.1 Å². The summed E-state index contributed by atoms with van der Waals surface area (Å²) in [6.45, 7) is 2.29. The third-order valence-corrected chi connectivity index (χ3v) is 3.36. The molecular weight excluding hydrogens is 260 g/mol. The lowest BCUT2D eigenvalue weighted by atomic mass is 9.93. The van der Waals surface area contributed by atoms with Crippen LogP contribution in [0, 0.1) is 10.1 Å². The number of nitrogens with two attached hydrogens (primary N) is 1. The van der Waals surface area contributed by atoms with E-state index in [1.165, 1.54) is 12.1 Å². The highest BCUT2D eigenvalue weighted by Gasteiger charge is 2.21. The molecule has 1 fully saturated rings.